The van der Waals surface area contributed by atoms with Gasteiger partial charge in [-0.3, -0.25) is 4.98 Å². The molecule has 1 N–H and O–H groups in total. The first-order valence-electron chi connectivity index (χ1n) is 5.63. The van der Waals surface area contributed by atoms with E-state index in [1.807, 2.05) is 11.7 Å². The molecule has 0 saturated carbocycles. The van der Waals surface area contributed by atoms with Crippen LogP contribution in [0.3, 0.4) is 0 Å². The summed E-state index contributed by atoms with van der Waals surface area (Å²) in [5.41, 5.74) is 1.85. The number of nitrogens with one attached hydrogen (secondary N) is 1. The topological polar surface area (TPSA) is 34.1 Å². The third-order valence-electron chi connectivity index (χ3n) is 2.75. The van der Waals surface area contributed by atoms with Crippen LogP contribution in [-0.4, -0.2) is 24.2 Å². The van der Waals surface area contributed by atoms with Crippen LogP contribution in [0.4, 0.5) is 0 Å². The zero-order valence-corrected chi connectivity index (χ0v) is 9.76. The van der Waals surface area contributed by atoms with Crippen molar-refractivity contribution in [3.63, 3.8) is 0 Å². The molecule has 1 aliphatic heterocycles. The lowest BCUT2D eigenvalue weighted by Gasteiger charge is -2.23. The van der Waals surface area contributed by atoms with E-state index in [1.54, 1.807) is 11.3 Å². The Hall–Kier alpha value is -0.450. The Balaban J connectivity index is 1.54. The molecule has 0 unspecified atom stereocenters. The van der Waals surface area contributed by atoms with Crippen molar-refractivity contribution in [1.29, 1.82) is 0 Å². The molecule has 0 aliphatic carbocycles. The Bertz CT molecular complexity index is 258. The summed E-state index contributed by atoms with van der Waals surface area (Å²) in [7, 11) is 0. The van der Waals surface area contributed by atoms with Gasteiger partial charge in [0.25, 0.3) is 0 Å². The smallest absolute Gasteiger partial charge is 0.0825 e. The van der Waals surface area contributed by atoms with Gasteiger partial charge in [-0.1, -0.05) is 6.42 Å². The predicted molar refractivity (Wildman–Crippen MR) is 62.0 cm³/mol. The van der Waals surface area contributed by atoms with Crippen molar-refractivity contribution in [2.75, 3.05) is 13.2 Å². The van der Waals surface area contributed by atoms with Gasteiger partial charge in [0.05, 0.1) is 17.0 Å². The second kappa shape index (κ2) is 6.20. The van der Waals surface area contributed by atoms with Gasteiger partial charge in [-0.25, -0.2) is 0 Å². The van der Waals surface area contributed by atoms with Crippen molar-refractivity contribution in [3.8, 4) is 0 Å². The summed E-state index contributed by atoms with van der Waals surface area (Å²) in [6.07, 6.45) is 7.02. The molecule has 0 radical (unpaired) electrons. The molecule has 1 aliphatic rings. The van der Waals surface area contributed by atoms with Crippen LogP contribution in [0, 0.1) is 0 Å². The lowest BCUT2D eigenvalue weighted by Crippen LogP contribution is -2.34. The fourth-order valence-electron chi connectivity index (χ4n) is 1.88. The van der Waals surface area contributed by atoms with Crippen LogP contribution in [0.5, 0.6) is 0 Å². The predicted octanol–water partition coefficient (Wildman–Crippen LogP) is 2.19. The number of aromatic nitrogens is 1. The fourth-order valence-corrected chi connectivity index (χ4v) is 2.41. The molecular formula is C11H18N2OS. The van der Waals surface area contributed by atoms with Gasteiger partial charge >= 0.3 is 0 Å². The Kier molecular flexibility index (Phi) is 4.57. The average molecular weight is 226 g/mol. The Morgan fingerprint density at radius 1 is 1.53 bits per heavy atom. The summed E-state index contributed by atoms with van der Waals surface area (Å²) in [6.45, 7) is 2.76. The normalized spacial score (nSPS) is 21.7. The van der Waals surface area contributed by atoms with E-state index >= 15 is 0 Å². The summed E-state index contributed by atoms with van der Waals surface area (Å²) in [6, 6.07) is 0.681. The molecule has 3 nitrogen and oxygen atoms in total. The van der Waals surface area contributed by atoms with Crippen LogP contribution in [-0.2, 0) is 11.3 Å². The first-order valence-corrected chi connectivity index (χ1v) is 6.51. The van der Waals surface area contributed by atoms with Gasteiger partial charge in [0.15, 0.2) is 0 Å². The van der Waals surface area contributed by atoms with E-state index in [9.17, 15) is 0 Å². The minimum Gasteiger partial charge on any atom is -0.376 e. The molecule has 0 spiro atoms. The molecule has 0 amide bonds. The van der Waals surface area contributed by atoms with Gasteiger partial charge in [0.1, 0.15) is 0 Å². The lowest BCUT2D eigenvalue weighted by molar-refractivity contribution is 0.110. The van der Waals surface area contributed by atoms with E-state index in [0.29, 0.717) is 6.04 Å². The molecular weight excluding hydrogens is 208 g/mol. The minimum absolute atomic E-state index is 0.681. The lowest BCUT2D eigenvalue weighted by atomic mass is 10.0. The zero-order valence-electron chi connectivity index (χ0n) is 8.95. The molecule has 1 saturated heterocycles. The molecule has 1 fully saturated rings. The number of hydrogen-bond donors (Lipinski definition) is 1. The third-order valence-corrected chi connectivity index (χ3v) is 3.50. The molecule has 84 valence electrons. The maximum atomic E-state index is 5.61. The van der Waals surface area contributed by atoms with E-state index in [2.05, 4.69) is 10.3 Å². The van der Waals surface area contributed by atoms with Gasteiger partial charge in [-0.2, -0.15) is 0 Å². The van der Waals surface area contributed by atoms with Crippen molar-refractivity contribution in [1.82, 2.24) is 10.3 Å². The highest BCUT2D eigenvalue weighted by molar-refractivity contribution is 7.09. The summed E-state index contributed by atoms with van der Waals surface area (Å²) < 4.78 is 5.61. The second-order valence-corrected chi connectivity index (χ2v) is 4.93. The molecule has 1 aromatic heterocycles. The quantitative estimate of drug-likeness (QED) is 0.782. The Morgan fingerprint density at radius 3 is 3.27 bits per heavy atom. The molecule has 4 heteroatoms. The van der Waals surface area contributed by atoms with Crippen molar-refractivity contribution < 1.29 is 4.74 Å². The van der Waals surface area contributed by atoms with E-state index in [0.717, 1.165) is 19.6 Å². The van der Waals surface area contributed by atoms with Crippen molar-refractivity contribution in [3.05, 3.63) is 16.6 Å². The molecule has 1 atom stereocenters. The highest BCUT2D eigenvalue weighted by atomic mass is 32.1. The Labute approximate surface area is 94.9 Å². The minimum atomic E-state index is 0.681. The maximum absolute atomic E-state index is 5.61. The van der Waals surface area contributed by atoms with Gasteiger partial charge in [0.2, 0.25) is 0 Å². The molecule has 1 aromatic rings. The number of ether oxygens (including phenoxy) is 1. The highest BCUT2D eigenvalue weighted by Gasteiger charge is 2.11. The van der Waals surface area contributed by atoms with Crippen LogP contribution < -0.4 is 5.32 Å². The third kappa shape index (κ3) is 3.89. The maximum Gasteiger partial charge on any atom is 0.0825 e. The van der Waals surface area contributed by atoms with Gasteiger partial charge in [0, 0.05) is 18.8 Å². The van der Waals surface area contributed by atoms with Crippen LogP contribution in [0.1, 0.15) is 30.6 Å². The average Bonchev–Trinajstić information content (AvgIpc) is 2.79. The molecule has 15 heavy (non-hydrogen) atoms. The van der Waals surface area contributed by atoms with E-state index in [4.69, 9.17) is 4.74 Å². The summed E-state index contributed by atoms with van der Waals surface area (Å²) in [5, 5.41) is 3.52. The van der Waals surface area contributed by atoms with Crippen molar-refractivity contribution >= 4 is 11.3 Å². The van der Waals surface area contributed by atoms with Gasteiger partial charge in [-0.05, 0) is 25.8 Å². The Morgan fingerprint density at radius 2 is 2.53 bits per heavy atom. The summed E-state index contributed by atoms with van der Waals surface area (Å²) in [4.78, 5) is 5.23. The SMILES string of the molecule is c1ncc(COCC[C@H]2CCCCN2)s1. The summed E-state index contributed by atoms with van der Waals surface area (Å²) >= 11 is 1.66. The van der Waals surface area contributed by atoms with E-state index < -0.39 is 0 Å². The first-order chi connectivity index (χ1) is 7.45. The number of rotatable bonds is 5. The first kappa shape index (κ1) is 11.0. The van der Waals surface area contributed by atoms with Crippen LogP contribution >= 0.6 is 11.3 Å². The largest absolute Gasteiger partial charge is 0.376 e. The number of nitrogens with zero attached hydrogens (tertiary/aromatic N) is 1. The molecule has 0 bridgehead atoms. The summed E-state index contributed by atoms with van der Waals surface area (Å²) in [5.74, 6) is 0. The second-order valence-electron chi connectivity index (χ2n) is 3.96. The van der Waals surface area contributed by atoms with E-state index in [-0.39, 0.29) is 0 Å². The van der Waals surface area contributed by atoms with Gasteiger partial charge < -0.3 is 10.1 Å². The molecule has 0 aromatic carbocycles. The van der Waals surface area contributed by atoms with Crippen LogP contribution in [0.25, 0.3) is 0 Å². The van der Waals surface area contributed by atoms with E-state index in [1.165, 1.54) is 30.7 Å². The van der Waals surface area contributed by atoms with Crippen LogP contribution in [0.2, 0.25) is 0 Å². The number of piperidine rings is 1. The highest BCUT2D eigenvalue weighted by Crippen LogP contribution is 2.11. The monoisotopic (exact) mass is 226 g/mol. The fraction of sp³-hybridized carbons (Fsp3) is 0.727. The standard InChI is InChI=1S/C11H18N2OS/c1-2-5-13-10(3-1)4-6-14-8-11-7-12-9-15-11/h7,9-10,13H,1-6,8H2/t10-/m1/s1. The number of thiazole rings is 1. The molecule has 2 rings (SSSR count). The zero-order chi connectivity index (χ0) is 10.3. The molecule has 2 heterocycles. The van der Waals surface area contributed by atoms with Crippen LogP contribution in [0.15, 0.2) is 11.7 Å². The van der Waals surface area contributed by atoms with Crippen molar-refractivity contribution in [2.45, 2.75) is 38.3 Å². The number of hydrogen-bond acceptors (Lipinski definition) is 4. The van der Waals surface area contributed by atoms with Crippen molar-refractivity contribution in [2.24, 2.45) is 0 Å². The van der Waals surface area contributed by atoms with Gasteiger partial charge in [-0.15, -0.1) is 11.3 Å².